The van der Waals surface area contributed by atoms with Crippen molar-refractivity contribution >= 4 is 17.7 Å². The Hall–Kier alpha value is -3.30. The number of carbonyl (C=O) groups excluding carboxylic acids is 3. The normalized spacial score (nSPS) is 17.3. The van der Waals surface area contributed by atoms with Crippen molar-refractivity contribution in [3.8, 4) is 0 Å². The molecule has 32 heavy (non-hydrogen) atoms. The Kier molecular flexibility index (Phi) is 7.91. The van der Waals surface area contributed by atoms with E-state index < -0.39 is 35.8 Å². The summed E-state index contributed by atoms with van der Waals surface area (Å²) in [7, 11) is 1.23. The molecule has 1 heterocycles. The van der Waals surface area contributed by atoms with Gasteiger partial charge in [-0.1, -0.05) is 48.5 Å². The molecule has 3 rings (SSSR count). The molecule has 8 nitrogen and oxygen atoms in total. The Labute approximate surface area is 185 Å². The zero-order chi connectivity index (χ0) is 23.1. The van der Waals surface area contributed by atoms with Crippen molar-refractivity contribution in [3.05, 3.63) is 71.5 Å². The second-order valence-electron chi connectivity index (χ2n) is 7.59. The summed E-state index contributed by atoms with van der Waals surface area (Å²) in [5.41, 5.74) is 3.08. The van der Waals surface area contributed by atoms with Gasteiger partial charge in [0.15, 0.2) is 6.10 Å². The number of nitrogens with zero attached hydrogens (tertiary/aromatic N) is 1. The molecule has 0 bridgehead atoms. The van der Waals surface area contributed by atoms with Crippen LogP contribution >= 0.6 is 0 Å². The first kappa shape index (κ1) is 23.4. The van der Waals surface area contributed by atoms with E-state index in [0.717, 1.165) is 5.56 Å². The maximum Gasteiger partial charge on any atom is 0.274 e. The third-order valence-corrected chi connectivity index (χ3v) is 5.40. The van der Waals surface area contributed by atoms with Gasteiger partial charge in [0, 0.05) is 18.5 Å². The summed E-state index contributed by atoms with van der Waals surface area (Å²) in [5.74, 6) is -2.11. The second-order valence-corrected chi connectivity index (χ2v) is 7.59. The molecule has 1 aliphatic heterocycles. The van der Waals surface area contributed by atoms with Crippen LogP contribution in [0.15, 0.2) is 54.6 Å². The predicted octanol–water partition coefficient (Wildman–Crippen LogP) is 1.08. The van der Waals surface area contributed by atoms with Gasteiger partial charge in [-0.3, -0.25) is 19.2 Å². The standard InChI is InChI=1S/C23H26FN3O5/c1-32-26-22(30)21(29)19(13-15-7-3-2-4-8-15)27(14-16-9-5-6-10-17(16)24)23(31)18-11-12-20(28)25-18/h2-10,18-19,21,29H,11-14H2,1H3,(H,25,28)(H,26,30)/t18-,19?,21?/m1/s1. The highest BCUT2D eigenvalue weighted by atomic mass is 19.1. The van der Waals surface area contributed by atoms with Gasteiger partial charge in [0.05, 0.1) is 13.2 Å². The van der Waals surface area contributed by atoms with Gasteiger partial charge in [-0.15, -0.1) is 0 Å². The molecular weight excluding hydrogens is 417 g/mol. The molecule has 0 saturated carbocycles. The van der Waals surface area contributed by atoms with Crippen LogP contribution in [-0.4, -0.2) is 53.0 Å². The molecular formula is C23H26FN3O5. The SMILES string of the molecule is CONC(=O)C(O)C(Cc1ccccc1)N(Cc1ccccc1F)C(=O)[C@H]1CCC(=O)N1. The molecule has 3 atom stereocenters. The predicted molar refractivity (Wildman–Crippen MR) is 113 cm³/mol. The van der Waals surface area contributed by atoms with Crippen LogP contribution in [0.1, 0.15) is 24.0 Å². The molecule has 1 aliphatic rings. The number of hydroxylamine groups is 1. The lowest BCUT2D eigenvalue weighted by atomic mass is 9.97. The number of aliphatic hydroxyl groups is 1. The van der Waals surface area contributed by atoms with Crippen molar-refractivity contribution in [1.29, 1.82) is 0 Å². The van der Waals surface area contributed by atoms with Crippen LogP contribution < -0.4 is 10.8 Å². The number of amides is 3. The van der Waals surface area contributed by atoms with Crippen molar-refractivity contribution in [3.63, 3.8) is 0 Å². The van der Waals surface area contributed by atoms with Crippen molar-refractivity contribution in [2.24, 2.45) is 0 Å². The van der Waals surface area contributed by atoms with Gasteiger partial charge >= 0.3 is 0 Å². The average molecular weight is 443 g/mol. The van der Waals surface area contributed by atoms with Gasteiger partial charge in [0.25, 0.3) is 5.91 Å². The quantitative estimate of drug-likeness (QED) is 0.503. The lowest BCUT2D eigenvalue weighted by molar-refractivity contribution is -0.149. The van der Waals surface area contributed by atoms with Gasteiger partial charge in [-0.05, 0) is 24.5 Å². The van der Waals surface area contributed by atoms with Crippen molar-refractivity contribution in [1.82, 2.24) is 15.7 Å². The summed E-state index contributed by atoms with van der Waals surface area (Å²) < 4.78 is 14.5. The zero-order valence-electron chi connectivity index (χ0n) is 17.7. The van der Waals surface area contributed by atoms with E-state index in [1.807, 2.05) is 6.07 Å². The van der Waals surface area contributed by atoms with E-state index >= 15 is 0 Å². The van der Waals surface area contributed by atoms with Gasteiger partial charge in [-0.25, -0.2) is 9.87 Å². The molecule has 0 spiro atoms. The Morgan fingerprint density at radius 1 is 1.22 bits per heavy atom. The minimum absolute atomic E-state index is 0.125. The molecule has 2 aromatic rings. The van der Waals surface area contributed by atoms with Gasteiger partial charge in [0.1, 0.15) is 11.9 Å². The summed E-state index contributed by atoms with van der Waals surface area (Å²) in [4.78, 5) is 43.5. The maximum absolute atomic E-state index is 14.5. The first-order chi connectivity index (χ1) is 15.4. The van der Waals surface area contributed by atoms with Gasteiger partial charge in [0.2, 0.25) is 11.8 Å². The summed E-state index contributed by atoms with van der Waals surface area (Å²) in [6.45, 7) is -0.188. The molecule has 0 radical (unpaired) electrons. The molecule has 2 aromatic carbocycles. The smallest absolute Gasteiger partial charge is 0.274 e. The fourth-order valence-electron chi connectivity index (χ4n) is 3.75. The minimum Gasteiger partial charge on any atom is -0.381 e. The van der Waals surface area contributed by atoms with Crippen LogP contribution in [0.3, 0.4) is 0 Å². The largest absolute Gasteiger partial charge is 0.381 e. The van der Waals surface area contributed by atoms with E-state index in [0.29, 0.717) is 0 Å². The van der Waals surface area contributed by atoms with Crippen LogP contribution in [0.2, 0.25) is 0 Å². The molecule has 3 amide bonds. The number of rotatable bonds is 9. The maximum atomic E-state index is 14.5. The topological polar surface area (TPSA) is 108 Å². The number of benzene rings is 2. The first-order valence-electron chi connectivity index (χ1n) is 10.3. The fraction of sp³-hybridized carbons (Fsp3) is 0.348. The third kappa shape index (κ3) is 5.68. The highest BCUT2D eigenvalue weighted by Crippen LogP contribution is 2.21. The fourth-order valence-corrected chi connectivity index (χ4v) is 3.75. The Balaban J connectivity index is 1.99. The molecule has 1 fully saturated rings. The lowest BCUT2D eigenvalue weighted by Gasteiger charge is -2.36. The van der Waals surface area contributed by atoms with Crippen LogP contribution in [0.4, 0.5) is 4.39 Å². The van der Waals surface area contributed by atoms with Crippen molar-refractivity contribution in [2.45, 2.75) is 44.0 Å². The molecule has 9 heteroatoms. The Morgan fingerprint density at radius 3 is 2.53 bits per heavy atom. The van der Waals surface area contributed by atoms with Gasteiger partial charge < -0.3 is 15.3 Å². The first-order valence-corrected chi connectivity index (χ1v) is 10.3. The molecule has 0 aromatic heterocycles. The Bertz CT molecular complexity index is 956. The van der Waals surface area contributed by atoms with E-state index in [-0.39, 0.29) is 37.3 Å². The van der Waals surface area contributed by atoms with E-state index in [9.17, 15) is 23.9 Å². The highest BCUT2D eigenvalue weighted by Gasteiger charge is 2.39. The van der Waals surface area contributed by atoms with Crippen molar-refractivity contribution in [2.75, 3.05) is 7.11 Å². The summed E-state index contributed by atoms with van der Waals surface area (Å²) in [6.07, 6.45) is -1.06. The van der Waals surface area contributed by atoms with E-state index in [4.69, 9.17) is 0 Å². The van der Waals surface area contributed by atoms with Crippen LogP contribution in [0, 0.1) is 5.82 Å². The molecule has 0 aliphatic carbocycles. The number of nitrogens with one attached hydrogen (secondary N) is 2. The number of hydrogen-bond donors (Lipinski definition) is 3. The Morgan fingerprint density at radius 2 is 1.91 bits per heavy atom. The van der Waals surface area contributed by atoms with Crippen LogP contribution in [0.25, 0.3) is 0 Å². The monoisotopic (exact) mass is 443 g/mol. The average Bonchev–Trinajstić information content (AvgIpc) is 3.23. The number of hydrogen-bond acceptors (Lipinski definition) is 5. The zero-order valence-corrected chi connectivity index (χ0v) is 17.7. The molecule has 1 saturated heterocycles. The minimum atomic E-state index is -1.66. The van der Waals surface area contributed by atoms with E-state index in [1.54, 1.807) is 30.3 Å². The highest BCUT2D eigenvalue weighted by molar-refractivity contribution is 5.91. The van der Waals surface area contributed by atoms with E-state index in [2.05, 4.69) is 15.6 Å². The van der Waals surface area contributed by atoms with Crippen LogP contribution in [-0.2, 0) is 32.2 Å². The number of aliphatic hydroxyl groups excluding tert-OH is 1. The number of carbonyl (C=O) groups is 3. The van der Waals surface area contributed by atoms with Crippen LogP contribution in [0.5, 0.6) is 0 Å². The summed E-state index contributed by atoms with van der Waals surface area (Å²) in [6, 6.07) is 13.1. The summed E-state index contributed by atoms with van der Waals surface area (Å²) >= 11 is 0. The second kappa shape index (κ2) is 10.8. The molecule has 3 N–H and O–H groups in total. The number of halogens is 1. The molecule has 170 valence electrons. The lowest BCUT2D eigenvalue weighted by Crippen LogP contribution is -2.56. The van der Waals surface area contributed by atoms with Crippen molar-refractivity contribution < 1.29 is 28.7 Å². The van der Waals surface area contributed by atoms with E-state index in [1.165, 1.54) is 30.2 Å². The third-order valence-electron chi connectivity index (χ3n) is 5.40. The summed E-state index contributed by atoms with van der Waals surface area (Å²) in [5, 5.41) is 13.5. The van der Waals surface area contributed by atoms with Gasteiger partial charge in [-0.2, -0.15) is 0 Å². The molecule has 2 unspecified atom stereocenters.